The Kier molecular flexibility index (Phi) is 4.82. The second-order valence-electron chi connectivity index (χ2n) is 8.02. The van der Waals surface area contributed by atoms with Crippen LogP contribution in [-0.2, 0) is 16.6 Å². The van der Waals surface area contributed by atoms with Crippen molar-refractivity contribution in [2.45, 2.75) is 18.4 Å². The highest BCUT2D eigenvalue weighted by atomic mass is 32.2. The van der Waals surface area contributed by atoms with Crippen LogP contribution in [0, 0.1) is 6.92 Å². The van der Waals surface area contributed by atoms with Gasteiger partial charge < -0.3 is 14.6 Å². The molecule has 0 amide bonds. The Bertz CT molecular complexity index is 1450. The number of aromatic nitrogens is 1. The standard InChI is InChI=1S/C24H23N3O4S/c1-16-5-3-6-17-13-18(24(28)25-23(16)17)15-27(19-7-4-8-19)32(29,30)20-9-10-21-22(14-20)31-12-11-26(21)2/h3-10,13-14H,11-12,15H2,1-2H3,(H,25,28). The first-order valence-corrected chi connectivity index (χ1v) is 11.8. The Labute approximate surface area is 186 Å². The van der Waals surface area contributed by atoms with Gasteiger partial charge in [0.05, 0.1) is 34.9 Å². The van der Waals surface area contributed by atoms with E-state index in [1.54, 1.807) is 42.5 Å². The van der Waals surface area contributed by atoms with E-state index in [0.29, 0.717) is 23.6 Å². The zero-order chi connectivity index (χ0) is 22.5. The fourth-order valence-corrected chi connectivity index (χ4v) is 5.45. The van der Waals surface area contributed by atoms with Gasteiger partial charge in [-0.05, 0) is 48.2 Å². The van der Waals surface area contributed by atoms with Gasteiger partial charge in [-0.25, -0.2) is 8.42 Å². The molecule has 2 aromatic carbocycles. The molecule has 0 fully saturated rings. The molecule has 32 heavy (non-hydrogen) atoms. The van der Waals surface area contributed by atoms with Crippen LogP contribution in [0.2, 0.25) is 0 Å². The molecule has 0 atom stereocenters. The number of hydrogen-bond acceptors (Lipinski definition) is 5. The number of nitrogens with zero attached hydrogens (tertiary/aromatic N) is 2. The van der Waals surface area contributed by atoms with E-state index in [9.17, 15) is 13.2 Å². The summed E-state index contributed by atoms with van der Waals surface area (Å²) >= 11 is 0. The predicted molar refractivity (Wildman–Crippen MR) is 124 cm³/mol. The molecule has 1 aliphatic heterocycles. The summed E-state index contributed by atoms with van der Waals surface area (Å²) in [6, 6.07) is 12.4. The van der Waals surface area contributed by atoms with E-state index in [2.05, 4.69) is 4.98 Å². The predicted octanol–water partition coefficient (Wildman–Crippen LogP) is 3.31. The number of para-hydroxylation sites is 1. The van der Waals surface area contributed by atoms with Crippen LogP contribution in [0.25, 0.3) is 10.9 Å². The van der Waals surface area contributed by atoms with Crippen LogP contribution >= 0.6 is 0 Å². The second kappa shape index (κ2) is 7.56. The summed E-state index contributed by atoms with van der Waals surface area (Å²) in [7, 11) is -1.98. The molecule has 164 valence electrons. The fraction of sp³-hybridized carbons (Fsp3) is 0.208. The number of allylic oxidation sites excluding steroid dienone is 3. The molecule has 2 aliphatic rings. The van der Waals surface area contributed by atoms with Crippen molar-refractivity contribution < 1.29 is 13.2 Å². The van der Waals surface area contributed by atoms with Gasteiger partial charge in [0.25, 0.3) is 15.6 Å². The maximum atomic E-state index is 13.6. The van der Waals surface area contributed by atoms with Crippen molar-refractivity contribution in [2.24, 2.45) is 0 Å². The quantitative estimate of drug-likeness (QED) is 0.646. The molecule has 7 nitrogen and oxygen atoms in total. The van der Waals surface area contributed by atoms with Crippen molar-refractivity contribution in [3.8, 4) is 5.75 Å². The first-order chi connectivity index (χ1) is 15.3. The molecule has 0 spiro atoms. The molecular formula is C24H23N3O4S. The normalized spacial score (nSPS) is 15.1. The highest BCUT2D eigenvalue weighted by Crippen LogP contribution is 2.35. The summed E-state index contributed by atoms with van der Waals surface area (Å²) in [6.07, 6.45) is 5.22. The highest BCUT2D eigenvalue weighted by Gasteiger charge is 2.29. The number of benzene rings is 2. The van der Waals surface area contributed by atoms with E-state index in [1.807, 2.05) is 37.1 Å². The monoisotopic (exact) mass is 449 g/mol. The number of sulfonamides is 1. The molecule has 1 aromatic heterocycles. The van der Waals surface area contributed by atoms with Crippen LogP contribution < -0.4 is 15.2 Å². The van der Waals surface area contributed by atoms with Gasteiger partial charge >= 0.3 is 0 Å². The molecule has 0 saturated heterocycles. The minimum atomic E-state index is -3.93. The van der Waals surface area contributed by atoms with E-state index in [-0.39, 0.29) is 17.0 Å². The van der Waals surface area contributed by atoms with Crippen molar-refractivity contribution in [3.63, 3.8) is 0 Å². The lowest BCUT2D eigenvalue weighted by Gasteiger charge is -2.30. The number of H-pyrrole nitrogens is 1. The topological polar surface area (TPSA) is 82.7 Å². The van der Waals surface area contributed by atoms with Crippen LogP contribution in [0.5, 0.6) is 5.75 Å². The lowest BCUT2D eigenvalue weighted by atomic mass is 10.1. The average Bonchev–Trinajstić information content (AvgIpc) is 2.73. The van der Waals surface area contributed by atoms with Gasteiger partial charge in [0.2, 0.25) is 0 Å². The minimum absolute atomic E-state index is 0.0738. The number of aromatic amines is 1. The molecule has 8 heteroatoms. The molecule has 0 radical (unpaired) electrons. The van der Waals surface area contributed by atoms with Gasteiger partial charge in [0.1, 0.15) is 12.4 Å². The molecule has 0 bridgehead atoms. The first-order valence-electron chi connectivity index (χ1n) is 10.4. The largest absolute Gasteiger partial charge is 0.490 e. The lowest BCUT2D eigenvalue weighted by molar-refractivity contribution is 0.310. The fourth-order valence-electron chi connectivity index (χ4n) is 3.99. The van der Waals surface area contributed by atoms with Crippen molar-refractivity contribution >= 4 is 26.6 Å². The summed E-state index contributed by atoms with van der Waals surface area (Å²) in [5, 5.41) is 0.861. The van der Waals surface area contributed by atoms with E-state index >= 15 is 0 Å². The zero-order valence-corrected chi connectivity index (χ0v) is 18.6. The van der Waals surface area contributed by atoms with Gasteiger partial charge in [0.15, 0.2) is 0 Å². The molecule has 1 aliphatic carbocycles. The van der Waals surface area contributed by atoms with Gasteiger partial charge in [-0.1, -0.05) is 24.3 Å². The maximum absolute atomic E-state index is 13.6. The Hall–Kier alpha value is -3.52. The number of aryl methyl sites for hydroxylation is 1. The molecule has 5 rings (SSSR count). The number of rotatable bonds is 5. The van der Waals surface area contributed by atoms with Crippen molar-refractivity contribution in [1.29, 1.82) is 0 Å². The third-order valence-electron chi connectivity index (χ3n) is 5.92. The number of likely N-dealkylation sites (N-methyl/N-ethyl adjacent to an activating group) is 1. The Morgan fingerprint density at radius 1 is 1.19 bits per heavy atom. The zero-order valence-electron chi connectivity index (χ0n) is 17.8. The molecule has 3 aromatic rings. The number of nitrogens with one attached hydrogen (secondary N) is 1. The van der Waals surface area contributed by atoms with Gasteiger partial charge in [-0.3, -0.25) is 9.10 Å². The maximum Gasteiger partial charge on any atom is 0.264 e. The number of fused-ring (bicyclic) bond motifs is 2. The Morgan fingerprint density at radius 2 is 2.00 bits per heavy atom. The van der Waals surface area contributed by atoms with Crippen LogP contribution in [0.3, 0.4) is 0 Å². The van der Waals surface area contributed by atoms with E-state index in [1.165, 1.54) is 4.31 Å². The summed E-state index contributed by atoms with van der Waals surface area (Å²) in [5.74, 6) is 0.539. The van der Waals surface area contributed by atoms with E-state index in [0.717, 1.165) is 28.7 Å². The van der Waals surface area contributed by atoms with Gasteiger partial charge in [-0.15, -0.1) is 0 Å². The first kappa shape index (κ1) is 20.4. The van der Waals surface area contributed by atoms with Gasteiger partial charge in [-0.2, -0.15) is 0 Å². The minimum Gasteiger partial charge on any atom is -0.490 e. The molecule has 1 N–H and O–H groups in total. The number of ether oxygens (including phenoxy) is 1. The average molecular weight is 450 g/mol. The van der Waals surface area contributed by atoms with Crippen LogP contribution in [0.4, 0.5) is 5.69 Å². The number of pyridine rings is 1. The molecule has 0 unspecified atom stereocenters. The third kappa shape index (κ3) is 3.36. The second-order valence-corrected chi connectivity index (χ2v) is 9.89. The SMILES string of the molecule is Cc1cccc2cc(CN(C3=CC=C3)S(=O)(=O)c3ccc4c(c3)OCCN4C)c(=O)[nH]c12. The highest BCUT2D eigenvalue weighted by molar-refractivity contribution is 7.89. The van der Waals surface area contributed by atoms with Crippen molar-refractivity contribution in [1.82, 2.24) is 9.29 Å². The Morgan fingerprint density at radius 3 is 2.75 bits per heavy atom. The lowest BCUT2D eigenvalue weighted by Crippen LogP contribution is -2.33. The van der Waals surface area contributed by atoms with Crippen molar-refractivity contribution in [2.75, 3.05) is 25.1 Å². The molecule has 2 heterocycles. The van der Waals surface area contributed by atoms with Gasteiger partial charge in [0, 0.05) is 18.7 Å². The molecule has 0 saturated carbocycles. The summed E-state index contributed by atoms with van der Waals surface area (Å²) in [4.78, 5) is 17.9. The van der Waals surface area contributed by atoms with Crippen LogP contribution in [0.15, 0.2) is 76.1 Å². The van der Waals surface area contributed by atoms with Crippen LogP contribution in [-0.4, -0.2) is 37.9 Å². The summed E-state index contributed by atoms with van der Waals surface area (Å²) in [5.41, 5.74) is 3.18. The summed E-state index contributed by atoms with van der Waals surface area (Å²) < 4.78 is 34.2. The number of anilines is 1. The van der Waals surface area contributed by atoms with E-state index < -0.39 is 10.0 Å². The number of hydrogen-bond donors (Lipinski definition) is 1. The van der Waals surface area contributed by atoms with Crippen molar-refractivity contribution in [3.05, 3.63) is 87.9 Å². The van der Waals surface area contributed by atoms with Crippen LogP contribution in [0.1, 0.15) is 11.1 Å². The van der Waals surface area contributed by atoms with E-state index in [4.69, 9.17) is 4.74 Å². The smallest absolute Gasteiger partial charge is 0.264 e. The molecular weight excluding hydrogens is 426 g/mol. The Balaban J connectivity index is 1.56. The summed E-state index contributed by atoms with van der Waals surface area (Å²) in [6.45, 7) is 3.09. The third-order valence-corrected chi connectivity index (χ3v) is 7.69.